The van der Waals surface area contributed by atoms with E-state index in [0.29, 0.717) is 0 Å². The Bertz CT molecular complexity index is 16.0. The van der Waals surface area contributed by atoms with Gasteiger partial charge in [-0.05, 0) is 0 Å². The van der Waals surface area contributed by atoms with E-state index in [1.807, 2.05) is 0 Å². The largest absolute Gasteiger partial charge is 2.00 e. The van der Waals surface area contributed by atoms with Crippen molar-refractivity contribution in [2.24, 2.45) is 0 Å². The zero-order valence-electron chi connectivity index (χ0n) is 3.37. The molecule has 0 aliphatic carbocycles. The van der Waals surface area contributed by atoms with Crippen LogP contribution in [0.5, 0.6) is 0 Å². The summed E-state index contributed by atoms with van der Waals surface area (Å²) in [6.07, 6.45) is 0. The van der Waals surface area contributed by atoms with E-state index in [0.717, 1.165) is 0 Å². The van der Waals surface area contributed by atoms with Crippen molar-refractivity contribution >= 4 is 0 Å². The quantitative estimate of drug-likeness (QED) is 0.538. The van der Waals surface area contributed by atoms with Crippen LogP contribution in [0, 0.1) is 0 Å². The van der Waals surface area contributed by atoms with Gasteiger partial charge in [-0.3, -0.25) is 0 Å². The van der Waals surface area contributed by atoms with Crippen molar-refractivity contribution < 1.29 is 91.7 Å². The molecule has 4 nitrogen and oxygen atoms in total. The molecule has 0 fully saturated rings. The maximum absolute atomic E-state index is 0. The zero-order valence-corrected chi connectivity index (χ0v) is 9.54. The minimum absolute atomic E-state index is 0. The minimum Gasteiger partial charge on any atom is -2.00 e. The summed E-state index contributed by atoms with van der Waals surface area (Å²) in [6, 6.07) is 0. The van der Waals surface area contributed by atoms with Crippen LogP contribution in [0.4, 0.5) is 0 Å². The van der Waals surface area contributed by atoms with Crippen molar-refractivity contribution in [3.05, 3.63) is 0 Å². The first-order valence-electron chi connectivity index (χ1n) is 0. The second-order valence-corrected chi connectivity index (χ2v) is 0. The van der Waals surface area contributed by atoms with E-state index in [2.05, 4.69) is 0 Å². The molecule has 0 aliphatic heterocycles. The van der Waals surface area contributed by atoms with Crippen LogP contribution in [-0.2, 0) is 91.7 Å². The molecule has 0 aromatic carbocycles. The van der Waals surface area contributed by atoms with Crippen molar-refractivity contribution in [2.45, 2.75) is 0 Å². The fourth-order valence-corrected chi connectivity index (χ4v) is 0. The Morgan fingerprint density at radius 3 is 0.625 bits per heavy atom. The molecule has 0 atom stereocenters. The predicted molar refractivity (Wildman–Crippen MR) is 2.75 cm³/mol. The summed E-state index contributed by atoms with van der Waals surface area (Å²) in [6.45, 7) is 0. The van der Waals surface area contributed by atoms with Gasteiger partial charge in [0, 0.05) is 0 Å². The van der Waals surface area contributed by atoms with Gasteiger partial charge in [-0.1, -0.05) is 0 Å². The van der Waals surface area contributed by atoms with Crippen LogP contribution in [0.3, 0.4) is 0 Å². The van der Waals surface area contributed by atoms with Crippen LogP contribution >= 0.6 is 0 Å². The molecule has 0 aromatic rings. The van der Waals surface area contributed by atoms with E-state index >= 15 is 0 Å². The molecule has 2 radical (unpaired) electrons. The van der Waals surface area contributed by atoms with E-state index < -0.39 is 0 Å². The van der Waals surface area contributed by atoms with Gasteiger partial charge in [0.2, 0.25) is 0 Å². The van der Waals surface area contributed by atoms with Gasteiger partial charge in [0.1, 0.15) is 0 Å². The van der Waals surface area contributed by atoms with Crippen LogP contribution in [-0.4, -0.2) is 0 Å². The van der Waals surface area contributed by atoms with E-state index in [4.69, 9.17) is 0 Å². The Balaban J connectivity index is 0. The van der Waals surface area contributed by atoms with Gasteiger partial charge in [0.15, 0.2) is 0 Å². The second-order valence-electron chi connectivity index (χ2n) is 0. The standard InChI is InChI=1S/Co.Mn.Ni.4O.Zn/q3*+2;4*-2;+2. The summed E-state index contributed by atoms with van der Waals surface area (Å²) < 4.78 is 0. The molecule has 0 heterocycles. The van der Waals surface area contributed by atoms with E-state index in [1.54, 1.807) is 0 Å². The Kier molecular flexibility index (Phi) is 3730. The predicted octanol–water partition coefficient (Wildman–Crippen LogP) is -0.485. The van der Waals surface area contributed by atoms with Gasteiger partial charge in [0.05, 0.1) is 0 Å². The first-order valence-corrected chi connectivity index (χ1v) is 0. The Hall–Kier alpha value is 1.98. The molecule has 0 spiro atoms. The molecule has 8 heavy (non-hydrogen) atoms. The molecule has 0 bridgehead atoms. The average Bonchev–Trinajstić information content (AvgIpc) is 0. The van der Waals surface area contributed by atoms with Crippen molar-refractivity contribution in [1.29, 1.82) is 0 Å². The number of hydrogen-bond acceptors (Lipinski definition) is 0. The molecule has 0 aliphatic rings. The van der Waals surface area contributed by atoms with Crippen molar-refractivity contribution in [3.63, 3.8) is 0 Å². The summed E-state index contributed by atoms with van der Waals surface area (Å²) in [4.78, 5) is 0. The maximum atomic E-state index is 0. The van der Waals surface area contributed by atoms with Gasteiger partial charge in [-0.2, -0.15) is 0 Å². The van der Waals surface area contributed by atoms with Gasteiger partial charge in [-0.25, -0.2) is 0 Å². The minimum atomic E-state index is 0. The van der Waals surface area contributed by atoms with Crippen LogP contribution in [0.2, 0.25) is 0 Å². The van der Waals surface area contributed by atoms with Crippen LogP contribution in [0.1, 0.15) is 0 Å². The van der Waals surface area contributed by atoms with Gasteiger partial charge in [0.25, 0.3) is 0 Å². The molecule has 0 amide bonds. The first kappa shape index (κ1) is 205. The van der Waals surface area contributed by atoms with Gasteiger partial charge < -0.3 is 21.9 Å². The summed E-state index contributed by atoms with van der Waals surface area (Å²) in [5.74, 6) is 0. The molecule has 0 N–H and O–H groups in total. The Morgan fingerprint density at radius 1 is 0.625 bits per heavy atom. The fraction of sp³-hybridized carbons (Fsp3) is 0. The SMILES string of the molecule is [Co+2].[Mn+2].[Ni+2].[O-2].[O-2].[O-2].[O-2].[Zn+2]. The summed E-state index contributed by atoms with van der Waals surface area (Å²) in [5, 5.41) is 0. The molecule has 0 aromatic heterocycles. The molecule has 0 unspecified atom stereocenters. The molecular formula is CoMnNiO4Zn. The van der Waals surface area contributed by atoms with Crippen molar-refractivity contribution in [3.8, 4) is 0 Å². The van der Waals surface area contributed by atoms with Gasteiger partial charge >= 0.3 is 69.8 Å². The molecule has 8 heteroatoms. The van der Waals surface area contributed by atoms with E-state index in [-0.39, 0.29) is 91.7 Å². The third-order valence-electron chi connectivity index (χ3n) is 0. The maximum Gasteiger partial charge on any atom is 2.00 e. The zero-order chi connectivity index (χ0) is 0. The van der Waals surface area contributed by atoms with Crippen LogP contribution in [0.25, 0.3) is 0 Å². The summed E-state index contributed by atoms with van der Waals surface area (Å²) in [7, 11) is 0. The monoisotopic (exact) mass is 300 g/mol. The average molecular weight is 302 g/mol. The number of rotatable bonds is 0. The Labute approximate surface area is 91.1 Å². The summed E-state index contributed by atoms with van der Waals surface area (Å²) >= 11 is 0. The van der Waals surface area contributed by atoms with Crippen LogP contribution < -0.4 is 0 Å². The molecule has 52 valence electrons. The van der Waals surface area contributed by atoms with E-state index in [1.165, 1.54) is 0 Å². The third kappa shape index (κ3) is 99.0. The summed E-state index contributed by atoms with van der Waals surface area (Å²) in [5.41, 5.74) is 0. The van der Waals surface area contributed by atoms with Crippen LogP contribution in [0.15, 0.2) is 0 Å². The molecule has 0 rings (SSSR count). The fourth-order valence-electron chi connectivity index (χ4n) is 0. The molecule has 0 saturated carbocycles. The number of hydrogen-bond donors (Lipinski definition) is 0. The molecule has 0 saturated heterocycles. The first-order chi connectivity index (χ1) is 0. The molecular weight excluding hydrogens is 302 g/mol. The van der Waals surface area contributed by atoms with Crippen molar-refractivity contribution in [2.75, 3.05) is 0 Å². The van der Waals surface area contributed by atoms with Crippen molar-refractivity contribution in [1.82, 2.24) is 0 Å². The van der Waals surface area contributed by atoms with Gasteiger partial charge in [-0.15, -0.1) is 0 Å². The topological polar surface area (TPSA) is 114 Å². The van der Waals surface area contributed by atoms with E-state index in [9.17, 15) is 0 Å². The normalized spacial score (nSPS) is 0. The third-order valence-corrected chi connectivity index (χ3v) is 0. The smallest absolute Gasteiger partial charge is 2.00 e. The Morgan fingerprint density at radius 2 is 0.625 bits per heavy atom. The second kappa shape index (κ2) is 146.